The monoisotopic (exact) mass is 370 g/mol. The SMILES string of the molecule is CCCn1c(=O)n(-c2ccc(OC)cc2)c(=O)c2c3c(sc21)CCCC3. The van der Waals surface area contributed by atoms with E-state index in [4.69, 9.17) is 4.74 Å². The lowest BCUT2D eigenvalue weighted by molar-refractivity contribution is 0.414. The summed E-state index contributed by atoms with van der Waals surface area (Å²) in [6.45, 7) is 2.67. The van der Waals surface area contributed by atoms with E-state index < -0.39 is 0 Å². The number of benzene rings is 1. The van der Waals surface area contributed by atoms with Crippen molar-refractivity contribution < 1.29 is 4.74 Å². The number of methoxy groups -OCH3 is 1. The predicted molar refractivity (Wildman–Crippen MR) is 105 cm³/mol. The molecule has 26 heavy (non-hydrogen) atoms. The summed E-state index contributed by atoms with van der Waals surface area (Å²) in [6.07, 6.45) is 5.05. The Balaban J connectivity index is 2.06. The van der Waals surface area contributed by atoms with Crippen molar-refractivity contribution >= 4 is 21.6 Å². The van der Waals surface area contributed by atoms with Gasteiger partial charge in [0.15, 0.2) is 0 Å². The number of aryl methyl sites for hydroxylation is 3. The van der Waals surface area contributed by atoms with Gasteiger partial charge in [0.25, 0.3) is 5.56 Å². The summed E-state index contributed by atoms with van der Waals surface area (Å²) in [5.41, 5.74) is 1.30. The number of fused-ring (bicyclic) bond motifs is 3. The van der Waals surface area contributed by atoms with Crippen molar-refractivity contribution in [3.05, 3.63) is 55.5 Å². The maximum atomic E-state index is 13.3. The number of nitrogens with zero attached hydrogens (tertiary/aromatic N) is 2. The average Bonchev–Trinajstić information content (AvgIpc) is 3.05. The molecular weight excluding hydrogens is 348 g/mol. The van der Waals surface area contributed by atoms with E-state index in [2.05, 4.69) is 6.92 Å². The van der Waals surface area contributed by atoms with Crippen molar-refractivity contribution in [1.29, 1.82) is 0 Å². The highest BCUT2D eigenvalue weighted by molar-refractivity contribution is 7.18. The zero-order valence-corrected chi connectivity index (χ0v) is 15.9. The maximum absolute atomic E-state index is 13.3. The summed E-state index contributed by atoms with van der Waals surface area (Å²) in [5, 5.41) is 0.744. The van der Waals surface area contributed by atoms with Gasteiger partial charge in [-0.05, 0) is 61.9 Å². The standard InChI is InChI=1S/C20H22N2O3S/c1-3-12-21-19-17(15-6-4-5-7-16(15)26-19)18(23)22(20(21)24)13-8-10-14(25-2)11-9-13/h8-11H,3-7,12H2,1-2H3. The first-order valence-electron chi connectivity index (χ1n) is 9.10. The molecule has 2 aromatic heterocycles. The molecule has 136 valence electrons. The van der Waals surface area contributed by atoms with Crippen molar-refractivity contribution in [3.8, 4) is 11.4 Å². The summed E-state index contributed by atoms with van der Waals surface area (Å²) >= 11 is 1.63. The average molecular weight is 370 g/mol. The van der Waals surface area contributed by atoms with Crippen LogP contribution in [0.1, 0.15) is 36.6 Å². The van der Waals surface area contributed by atoms with E-state index in [0.717, 1.165) is 47.9 Å². The fraction of sp³-hybridized carbons (Fsp3) is 0.400. The lowest BCUT2D eigenvalue weighted by atomic mass is 9.97. The summed E-state index contributed by atoms with van der Waals surface area (Å²) in [7, 11) is 1.60. The summed E-state index contributed by atoms with van der Waals surface area (Å²) in [5.74, 6) is 0.699. The highest BCUT2D eigenvalue weighted by atomic mass is 32.1. The molecule has 0 bridgehead atoms. The number of thiophene rings is 1. The van der Waals surface area contributed by atoms with Crippen LogP contribution in [0.4, 0.5) is 0 Å². The zero-order valence-electron chi connectivity index (χ0n) is 15.1. The van der Waals surface area contributed by atoms with Gasteiger partial charge in [0, 0.05) is 11.4 Å². The Bertz CT molecular complexity index is 1070. The van der Waals surface area contributed by atoms with Gasteiger partial charge in [-0.3, -0.25) is 9.36 Å². The van der Waals surface area contributed by atoms with Crippen LogP contribution in [0.3, 0.4) is 0 Å². The van der Waals surface area contributed by atoms with E-state index >= 15 is 0 Å². The molecule has 0 unspecified atom stereocenters. The minimum absolute atomic E-state index is 0.193. The normalized spacial score (nSPS) is 13.8. The molecule has 6 heteroatoms. The summed E-state index contributed by atoms with van der Waals surface area (Å²) in [6, 6.07) is 7.09. The van der Waals surface area contributed by atoms with Gasteiger partial charge < -0.3 is 4.74 Å². The molecule has 2 heterocycles. The molecular formula is C20H22N2O3S. The molecule has 0 saturated heterocycles. The van der Waals surface area contributed by atoms with Crippen LogP contribution in [0.25, 0.3) is 15.9 Å². The third-order valence-electron chi connectivity index (χ3n) is 5.01. The third-order valence-corrected chi connectivity index (χ3v) is 6.33. The summed E-state index contributed by atoms with van der Waals surface area (Å²) in [4.78, 5) is 28.6. The van der Waals surface area contributed by atoms with Crippen molar-refractivity contribution in [3.63, 3.8) is 0 Å². The van der Waals surface area contributed by atoms with Crippen LogP contribution in [0, 0.1) is 0 Å². The van der Waals surface area contributed by atoms with Gasteiger partial charge in [0.1, 0.15) is 10.6 Å². The molecule has 0 spiro atoms. The van der Waals surface area contributed by atoms with Gasteiger partial charge >= 0.3 is 5.69 Å². The molecule has 3 aromatic rings. The predicted octanol–water partition coefficient (Wildman–Crippen LogP) is 3.51. The first-order chi connectivity index (χ1) is 12.7. The molecule has 0 amide bonds. The van der Waals surface area contributed by atoms with Gasteiger partial charge in [0.2, 0.25) is 0 Å². The molecule has 1 aliphatic carbocycles. The Kier molecular flexibility index (Phi) is 4.44. The quantitative estimate of drug-likeness (QED) is 0.706. The molecule has 0 fully saturated rings. The molecule has 1 aromatic carbocycles. The fourth-order valence-electron chi connectivity index (χ4n) is 3.75. The second-order valence-electron chi connectivity index (χ2n) is 6.66. The number of ether oxygens (including phenoxy) is 1. The number of hydrogen-bond donors (Lipinski definition) is 0. The van der Waals surface area contributed by atoms with Gasteiger partial charge in [-0.2, -0.15) is 0 Å². The van der Waals surface area contributed by atoms with Crippen LogP contribution in [0.2, 0.25) is 0 Å². The van der Waals surface area contributed by atoms with Crippen LogP contribution >= 0.6 is 11.3 Å². The zero-order chi connectivity index (χ0) is 18.3. The van der Waals surface area contributed by atoms with Gasteiger partial charge in [-0.15, -0.1) is 11.3 Å². The highest BCUT2D eigenvalue weighted by Gasteiger charge is 2.23. The first-order valence-corrected chi connectivity index (χ1v) is 9.92. The molecule has 0 aliphatic heterocycles. The van der Waals surface area contributed by atoms with Gasteiger partial charge in [0.05, 0.1) is 18.2 Å². The second kappa shape index (κ2) is 6.76. The topological polar surface area (TPSA) is 53.2 Å². The fourth-order valence-corrected chi connectivity index (χ4v) is 5.15. The Morgan fingerprint density at radius 3 is 2.54 bits per heavy atom. The lowest BCUT2D eigenvalue weighted by Crippen LogP contribution is -2.38. The molecule has 1 aliphatic rings. The minimum Gasteiger partial charge on any atom is -0.497 e. The van der Waals surface area contributed by atoms with E-state index in [1.54, 1.807) is 47.3 Å². The highest BCUT2D eigenvalue weighted by Crippen LogP contribution is 2.34. The van der Waals surface area contributed by atoms with E-state index in [-0.39, 0.29) is 11.2 Å². The lowest BCUT2D eigenvalue weighted by Gasteiger charge is -2.13. The largest absolute Gasteiger partial charge is 0.497 e. The third kappa shape index (κ3) is 2.60. The molecule has 0 saturated carbocycles. The minimum atomic E-state index is -0.256. The van der Waals surface area contributed by atoms with Crippen LogP contribution < -0.4 is 16.0 Å². The van der Waals surface area contributed by atoms with Crippen molar-refractivity contribution in [2.45, 2.75) is 45.6 Å². The van der Waals surface area contributed by atoms with Crippen LogP contribution in [0.5, 0.6) is 5.75 Å². The van der Waals surface area contributed by atoms with Gasteiger partial charge in [-0.1, -0.05) is 6.92 Å². The Morgan fingerprint density at radius 1 is 1.12 bits per heavy atom. The van der Waals surface area contributed by atoms with E-state index in [1.165, 1.54) is 9.44 Å². The Hall–Kier alpha value is -2.34. The van der Waals surface area contributed by atoms with Crippen molar-refractivity contribution in [2.75, 3.05) is 7.11 Å². The Labute approximate surface area is 155 Å². The smallest absolute Gasteiger partial charge is 0.336 e. The molecule has 0 atom stereocenters. The first kappa shape index (κ1) is 17.1. The number of aromatic nitrogens is 2. The van der Waals surface area contributed by atoms with Crippen LogP contribution in [-0.4, -0.2) is 16.2 Å². The molecule has 5 nitrogen and oxygen atoms in total. The maximum Gasteiger partial charge on any atom is 0.336 e. The number of hydrogen-bond acceptors (Lipinski definition) is 4. The van der Waals surface area contributed by atoms with E-state index in [9.17, 15) is 9.59 Å². The Morgan fingerprint density at radius 2 is 1.85 bits per heavy atom. The molecule has 0 radical (unpaired) electrons. The van der Waals surface area contributed by atoms with Gasteiger partial charge in [-0.25, -0.2) is 9.36 Å². The van der Waals surface area contributed by atoms with Crippen LogP contribution in [-0.2, 0) is 19.4 Å². The van der Waals surface area contributed by atoms with Crippen LogP contribution in [0.15, 0.2) is 33.9 Å². The van der Waals surface area contributed by atoms with Crippen molar-refractivity contribution in [1.82, 2.24) is 9.13 Å². The second-order valence-corrected chi connectivity index (χ2v) is 7.75. The van der Waals surface area contributed by atoms with E-state index in [1.807, 2.05) is 0 Å². The van der Waals surface area contributed by atoms with Crippen molar-refractivity contribution in [2.24, 2.45) is 0 Å². The molecule has 0 N–H and O–H groups in total. The molecule has 4 rings (SSSR count). The number of rotatable bonds is 4. The van der Waals surface area contributed by atoms with E-state index in [0.29, 0.717) is 18.0 Å². The summed E-state index contributed by atoms with van der Waals surface area (Å²) < 4.78 is 8.29.